The summed E-state index contributed by atoms with van der Waals surface area (Å²) in [5, 5.41) is 89.3. The first-order valence-electron chi connectivity index (χ1n) is 25.1. The number of unbranched alkanes of at least 4 members (excludes halogenated alkanes) is 8. The molecule has 1 saturated heterocycles. The summed E-state index contributed by atoms with van der Waals surface area (Å²) in [5.74, 6) is -2.64. The van der Waals surface area contributed by atoms with Crippen LogP contribution in [0.3, 0.4) is 0 Å². The highest BCUT2D eigenvalue weighted by Crippen LogP contribution is 2.47. The minimum absolute atomic E-state index is 0.0814. The molecule has 2 aliphatic rings. The van der Waals surface area contributed by atoms with Crippen LogP contribution in [0.25, 0.3) is 0 Å². The predicted molar refractivity (Wildman–Crippen MR) is 261 cm³/mol. The SMILES string of the molecule is CC/C=C\C/C=C\C/C=C\C/C=C\CCCCCCCCC(=O)OC[C@@H]1COP(=O)(O)O[C@H]2[C@H](O)[C@@H](O)[C@H](O)[C@@H](C/C=C\CCCC(=O)O1)[C@@H](O)CC(O)O[C@H](C=C[C@@H](O)CCCCC)[C@@H](O)[C@H]2O. The fourth-order valence-corrected chi connectivity index (χ4v) is 8.71. The minimum atomic E-state index is -5.48. The number of esters is 2. The molecule has 2 aliphatic heterocycles. The monoisotopic (exact) mass is 1000 g/mol. The Labute approximate surface area is 409 Å². The molecular weight excluding hydrogens is 916 g/mol. The number of carbonyl (C=O) groups is 2. The van der Waals surface area contributed by atoms with Gasteiger partial charge in [-0.2, -0.15) is 0 Å². The van der Waals surface area contributed by atoms with E-state index in [1.54, 1.807) is 12.2 Å². The first kappa shape index (κ1) is 62.2. The largest absolute Gasteiger partial charge is 0.472 e. The smallest absolute Gasteiger partial charge is 0.462 e. The lowest BCUT2D eigenvalue weighted by molar-refractivity contribution is -0.213. The van der Waals surface area contributed by atoms with Gasteiger partial charge in [0, 0.05) is 25.2 Å². The second-order valence-corrected chi connectivity index (χ2v) is 19.2. The summed E-state index contributed by atoms with van der Waals surface area (Å²) in [4.78, 5) is 36.5. The van der Waals surface area contributed by atoms with Gasteiger partial charge in [-0.15, -0.1) is 0 Å². The molecule has 2 bridgehead atoms. The maximum Gasteiger partial charge on any atom is 0.472 e. The van der Waals surface area contributed by atoms with Crippen LogP contribution in [0.4, 0.5) is 0 Å². The summed E-state index contributed by atoms with van der Waals surface area (Å²) < 4.78 is 40.3. The highest BCUT2D eigenvalue weighted by Gasteiger charge is 2.48. The Morgan fingerprint density at radius 1 is 0.797 bits per heavy atom. The standard InChI is InChI=1S/C51H85O17P/c1-3-5-7-8-9-10-11-12-13-14-15-16-17-18-19-20-21-22-27-31-43(54)64-36-39-37-65-69(62,63)68-51-49(60)47(58)42(34-33-38(52)29-25-6-4-2)67-45(56)35-41(53)40(46(57)48(59)50(51)61)30-26-23-24-28-32-44(55)66-39/h5,7,9-10,12-13,15-16,23,26,33-34,38-42,45-53,56-61H,3-4,6,8,11,14,17-22,24-25,27-32,35-37H2,1-2H3,(H,62,63)/b7-5-,10-9-,13-12-,16-15-,26-23-,34-33?/t38-,39+,40-,41-,42+,45?,46+,47+,48-,49+,50+,51+/m0/s1. The van der Waals surface area contributed by atoms with Crippen molar-refractivity contribution in [2.24, 2.45) is 5.92 Å². The Kier molecular flexibility index (Phi) is 33.3. The second kappa shape index (κ2) is 37.0. The van der Waals surface area contributed by atoms with Gasteiger partial charge in [0.1, 0.15) is 43.2 Å². The maximum absolute atomic E-state index is 13.5. The average Bonchev–Trinajstić information content (AvgIpc) is 3.31. The molecule has 0 radical (unpaired) electrons. The fourth-order valence-electron chi connectivity index (χ4n) is 7.74. The number of phosphoric acid groups is 1. The predicted octanol–water partition coefficient (Wildman–Crippen LogP) is 6.39. The molecule has 0 aromatic carbocycles. The number of hydrogen-bond donors (Lipinski definition) is 9. The first-order valence-corrected chi connectivity index (χ1v) is 26.6. The molecule has 17 nitrogen and oxygen atoms in total. The summed E-state index contributed by atoms with van der Waals surface area (Å²) >= 11 is 0. The van der Waals surface area contributed by atoms with Crippen LogP contribution in [0.2, 0.25) is 0 Å². The lowest BCUT2D eigenvalue weighted by atomic mass is 9.83. The molecule has 2 heterocycles. The molecule has 1 fully saturated rings. The second-order valence-electron chi connectivity index (χ2n) is 17.8. The van der Waals surface area contributed by atoms with E-state index in [-0.39, 0.29) is 25.7 Å². The molecule has 0 saturated carbocycles. The number of aliphatic hydroxyl groups excluding tert-OH is 8. The zero-order valence-corrected chi connectivity index (χ0v) is 41.8. The summed E-state index contributed by atoms with van der Waals surface area (Å²) in [6.07, 6.45) is 14.5. The number of hydrogen-bond acceptors (Lipinski definition) is 16. The normalized spacial score (nSPS) is 31.8. The molecule has 0 aromatic heterocycles. The number of fused-ring (bicyclic) bond motifs is 4. The van der Waals surface area contributed by atoms with E-state index in [4.69, 9.17) is 23.3 Å². The highest BCUT2D eigenvalue weighted by molar-refractivity contribution is 7.47. The summed E-state index contributed by atoms with van der Waals surface area (Å²) in [7, 11) is -5.48. The van der Waals surface area contributed by atoms with Crippen molar-refractivity contribution in [3.63, 3.8) is 0 Å². The molecule has 0 spiro atoms. The third-order valence-corrected chi connectivity index (χ3v) is 12.8. The van der Waals surface area contributed by atoms with Gasteiger partial charge in [0.05, 0.1) is 24.9 Å². The Morgan fingerprint density at radius 2 is 1.43 bits per heavy atom. The van der Waals surface area contributed by atoms with Gasteiger partial charge < -0.3 is 60.0 Å². The van der Waals surface area contributed by atoms with E-state index in [1.165, 1.54) is 6.08 Å². The van der Waals surface area contributed by atoms with Crippen molar-refractivity contribution in [3.05, 3.63) is 72.9 Å². The van der Waals surface area contributed by atoms with Crippen molar-refractivity contribution in [2.75, 3.05) is 13.2 Å². The van der Waals surface area contributed by atoms with E-state index in [1.807, 2.05) is 6.92 Å². The minimum Gasteiger partial charge on any atom is -0.462 e. The number of rotatable bonds is 24. The van der Waals surface area contributed by atoms with Crippen molar-refractivity contribution in [3.8, 4) is 0 Å². The van der Waals surface area contributed by atoms with Gasteiger partial charge in [-0.05, 0) is 70.6 Å². The fraction of sp³-hybridized carbons (Fsp3) is 0.725. The lowest BCUT2D eigenvalue weighted by Gasteiger charge is -2.39. The van der Waals surface area contributed by atoms with Crippen molar-refractivity contribution in [1.82, 2.24) is 0 Å². The van der Waals surface area contributed by atoms with Crippen LogP contribution in [-0.4, -0.2) is 138 Å². The number of cyclic esters (lactones) is 1. The van der Waals surface area contributed by atoms with Crippen molar-refractivity contribution in [2.45, 2.75) is 216 Å². The van der Waals surface area contributed by atoms with E-state index >= 15 is 0 Å². The molecule has 2 unspecified atom stereocenters. The zero-order valence-electron chi connectivity index (χ0n) is 40.9. The van der Waals surface area contributed by atoms with Gasteiger partial charge in [0.2, 0.25) is 0 Å². The Hall–Kier alpha value is -2.87. The van der Waals surface area contributed by atoms with Crippen LogP contribution in [0.1, 0.15) is 149 Å². The Balaban J connectivity index is 2.08. The number of carbonyl (C=O) groups excluding carboxylic acids is 2. The molecular formula is C51H85O17P. The van der Waals surface area contributed by atoms with Gasteiger partial charge >= 0.3 is 19.8 Å². The molecule has 69 heavy (non-hydrogen) atoms. The number of allylic oxidation sites excluding steroid dienone is 10. The maximum atomic E-state index is 13.5. The molecule has 0 aliphatic carbocycles. The third kappa shape index (κ3) is 27.5. The van der Waals surface area contributed by atoms with Crippen LogP contribution in [0, 0.1) is 5.92 Å². The quantitative estimate of drug-likeness (QED) is 0.0219. The number of phosphoric ester groups is 1. The van der Waals surface area contributed by atoms with Gasteiger partial charge in [-0.1, -0.05) is 132 Å². The van der Waals surface area contributed by atoms with E-state index in [2.05, 4.69) is 55.5 Å². The molecule has 9 N–H and O–H groups in total. The average molecular weight is 1000 g/mol. The van der Waals surface area contributed by atoms with E-state index in [0.29, 0.717) is 25.7 Å². The molecule has 396 valence electrons. The number of ether oxygens (including phenoxy) is 3. The van der Waals surface area contributed by atoms with Gasteiger partial charge in [-0.25, -0.2) is 4.57 Å². The van der Waals surface area contributed by atoms with Gasteiger partial charge in [0.15, 0.2) is 12.4 Å². The Morgan fingerprint density at radius 3 is 2.12 bits per heavy atom. The molecule has 0 amide bonds. The summed E-state index contributed by atoms with van der Waals surface area (Å²) in [6.45, 7) is 2.67. The Bertz CT molecular complexity index is 1620. The van der Waals surface area contributed by atoms with E-state index < -0.39 is 113 Å². The van der Waals surface area contributed by atoms with Crippen LogP contribution >= 0.6 is 7.82 Å². The van der Waals surface area contributed by atoms with E-state index in [0.717, 1.165) is 83.1 Å². The molecule has 0 aromatic rings. The van der Waals surface area contributed by atoms with Crippen molar-refractivity contribution in [1.29, 1.82) is 0 Å². The van der Waals surface area contributed by atoms with Gasteiger partial charge in [0.25, 0.3) is 0 Å². The molecule has 2 rings (SSSR count). The highest BCUT2D eigenvalue weighted by atomic mass is 31.2. The third-order valence-electron chi connectivity index (χ3n) is 11.8. The van der Waals surface area contributed by atoms with Crippen molar-refractivity contribution < 1.29 is 83.2 Å². The van der Waals surface area contributed by atoms with Gasteiger partial charge in [-0.3, -0.25) is 18.6 Å². The van der Waals surface area contributed by atoms with Crippen molar-refractivity contribution >= 4 is 19.8 Å². The lowest BCUT2D eigenvalue weighted by Crippen LogP contribution is -2.58. The van der Waals surface area contributed by atoms with Crippen LogP contribution in [0.15, 0.2) is 72.9 Å². The molecule has 13 atom stereocenters. The number of aliphatic hydroxyl groups is 8. The van der Waals surface area contributed by atoms with E-state index in [9.17, 15) is 59.9 Å². The summed E-state index contributed by atoms with van der Waals surface area (Å²) in [5.41, 5.74) is 0. The van der Waals surface area contributed by atoms with Crippen LogP contribution in [-0.2, 0) is 37.4 Å². The summed E-state index contributed by atoms with van der Waals surface area (Å²) in [6, 6.07) is 0. The van der Waals surface area contributed by atoms with Crippen LogP contribution in [0.5, 0.6) is 0 Å². The first-order chi connectivity index (χ1) is 33.1. The molecule has 18 heteroatoms. The zero-order chi connectivity index (χ0) is 50.9. The topological polar surface area (TPSA) is 279 Å². The van der Waals surface area contributed by atoms with Crippen LogP contribution < -0.4 is 0 Å².